The van der Waals surface area contributed by atoms with Crippen LogP contribution in [0.25, 0.3) is 0 Å². The van der Waals surface area contributed by atoms with Gasteiger partial charge in [-0.05, 0) is 43.3 Å². The summed E-state index contributed by atoms with van der Waals surface area (Å²) in [4.78, 5) is 23.3. The maximum atomic E-state index is 14.6. The number of aromatic carboxylic acids is 1. The van der Waals surface area contributed by atoms with Gasteiger partial charge in [-0.15, -0.1) is 11.3 Å². The number of benzene rings is 2. The summed E-state index contributed by atoms with van der Waals surface area (Å²) in [6.07, 6.45) is 0. The van der Waals surface area contributed by atoms with Gasteiger partial charge in [0, 0.05) is 18.8 Å². The van der Waals surface area contributed by atoms with Crippen LogP contribution in [0.15, 0.2) is 53.4 Å². The van der Waals surface area contributed by atoms with Gasteiger partial charge in [-0.3, -0.25) is 9.10 Å². The van der Waals surface area contributed by atoms with E-state index in [1.54, 1.807) is 6.92 Å². The third-order valence-electron chi connectivity index (χ3n) is 4.45. The van der Waals surface area contributed by atoms with Crippen molar-refractivity contribution in [3.63, 3.8) is 0 Å². The number of amides is 1. The molecule has 0 radical (unpaired) electrons. The Labute approximate surface area is 198 Å². The van der Waals surface area contributed by atoms with Crippen LogP contribution in [0.1, 0.15) is 27.0 Å². The second kappa shape index (κ2) is 9.77. The standard InChI is InChI=1S/C21H18ClFN2O6S2/c1-3-31-14-7-8-16(15(23)10-14)25(2)33(29,30)17-11-18(22)32-19(17)20(26)24-13-6-4-5-12(9-13)21(27)28/h4-11H,3H2,1-2H3,(H,24,26)(H,27,28). The first-order chi connectivity index (χ1) is 15.5. The molecule has 0 aliphatic rings. The molecule has 1 heterocycles. The van der Waals surface area contributed by atoms with Crippen molar-refractivity contribution in [2.24, 2.45) is 0 Å². The Kier molecular flexibility index (Phi) is 7.25. The van der Waals surface area contributed by atoms with E-state index in [9.17, 15) is 22.4 Å². The highest BCUT2D eigenvalue weighted by Gasteiger charge is 2.31. The van der Waals surface area contributed by atoms with Crippen molar-refractivity contribution in [3.05, 3.63) is 69.1 Å². The number of thiophene rings is 1. The molecule has 1 amide bonds. The summed E-state index contributed by atoms with van der Waals surface area (Å²) in [5, 5.41) is 11.6. The lowest BCUT2D eigenvalue weighted by Gasteiger charge is -2.20. The molecule has 0 atom stereocenters. The lowest BCUT2D eigenvalue weighted by molar-refractivity contribution is 0.0696. The fourth-order valence-corrected chi connectivity index (χ4v) is 5.78. The molecule has 0 unspecified atom stereocenters. The normalized spacial score (nSPS) is 11.2. The van der Waals surface area contributed by atoms with Crippen LogP contribution in [0, 0.1) is 5.82 Å². The predicted molar refractivity (Wildman–Crippen MR) is 124 cm³/mol. The number of ether oxygens (including phenoxy) is 1. The number of carboxylic acids is 1. The highest BCUT2D eigenvalue weighted by molar-refractivity contribution is 7.93. The van der Waals surface area contributed by atoms with Crippen LogP contribution in [0.2, 0.25) is 4.34 Å². The summed E-state index contributed by atoms with van der Waals surface area (Å²) in [6.45, 7) is 2.04. The van der Waals surface area contributed by atoms with Gasteiger partial charge in [0.05, 0.1) is 22.2 Å². The van der Waals surface area contributed by atoms with E-state index in [0.29, 0.717) is 10.9 Å². The Balaban J connectivity index is 1.95. The van der Waals surface area contributed by atoms with Gasteiger partial charge < -0.3 is 15.2 Å². The zero-order valence-corrected chi connectivity index (χ0v) is 19.7. The van der Waals surface area contributed by atoms with Gasteiger partial charge in [-0.25, -0.2) is 17.6 Å². The van der Waals surface area contributed by atoms with E-state index in [0.717, 1.165) is 30.5 Å². The predicted octanol–water partition coefficient (Wildman–Crippen LogP) is 4.71. The van der Waals surface area contributed by atoms with E-state index in [1.807, 2.05) is 0 Å². The smallest absolute Gasteiger partial charge is 0.335 e. The number of hydrogen-bond donors (Lipinski definition) is 2. The molecule has 33 heavy (non-hydrogen) atoms. The Morgan fingerprint density at radius 2 is 1.94 bits per heavy atom. The quantitative estimate of drug-likeness (QED) is 0.451. The number of hydrogen-bond acceptors (Lipinski definition) is 6. The van der Waals surface area contributed by atoms with Crippen molar-refractivity contribution >= 4 is 56.2 Å². The second-order valence-corrected chi connectivity index (χ2v) is 10.2. The van der Waals surface area contributed by atoms with Crippen molar-refractivity contribution in [2.45, 2.75) is 11.8 Å². The molecule has 0 spiro atoms. The van der Waals surface area contributed by atoms with Crippen LogP contribution < -0.4 is 14.4 Å². The van der Waals surface area contributed by atoms with Gasteiger partial charge in [-0.2, -0.15) is 0 Å². The zero-order chi connectivity index (χ0) is 24.3. The van der Waals surface area contributed by atoms with Crippen LogP contribution >= 0.6 is 22.9 Å². The van der Waals surface area contributed by atoms with Crippen LogP contribution in [-0.4, -0.2) is 39.1 Å². The van der Waals surface area contributed by atoms with Crippen molar-refractivity contribution in [2.75, 3.05) is 23.3 Å². The fourth-order valence-electron chi connectivity index (χ4n) is 2.89. The van der Waals surface area contributed by atoms with Gasteiger partial charge in [0.1, 0.15) is 15.5 Å². The number of carbonyl (C=O) groups excluding carboxylic acids is 1. The Morgan fingerprint density at radius 1 is 1.21 bits per heavy atom. The Morgan fingerprint density at radius 3 is 2.58 bits per heavy atom. The van der Waals surface area contributed by atoms with Crippen LogP contribution in [0.4, 0.5) is 15.8 Å². The molecule has 0 bridgehead atoms. The number of nitrogens with zero attached hydrogens (tertiary/aromatic N) is 1. The van der Waals surface area contributed by atoms with Gasteiger partial charge >= 0.3 is 5.97 Å². The van der Waals surface area contributed by atoms with Crippen LogP contribution in [0.5, 0.6) is 5.75 Å². The molecular weight excluding hydrogens is 495 g/mol. The number of rotatable bonds is 8. The monoisotopic (exact) mass is 512 g/mol. The van der Waals surface area contributed by atoms with E-state index >= 15 is 0 Å². The second-order valence-electron chi connectivity index (χ2n) is 6.60. The summed E-state index contributed by atoms with van der Waals surface area (Å²) >= 11 is 6.73. The van der Waals surface area contributed by atoms with Crippen molar-refractivity contribution in [1.82, 2.24) is 0 Å². The van der Waals surface area contributed by atoms with Crippen molar-refractivity contribution in [3.8, 4) is 5.75 Å². The SMILES string of the molecule is CCOc1ccc(N(C)S(=O)(=O)c2cc(Cl)sc2C(=O)Nc2cccc(C(=O)O)c2)c(F)c1. The average molecular weight is 513 g/mol. The first kappa shape index (κ1) is 24.5. The lowest BCUT2D eigenvalue weighted by atomic mass is 10.2. The molecule has 1 aromatic heterocycles. The van der Waals surface area contributed by atoms with E-state index < -0.39 is 32.6 Å². The van der Waals surface area contributed by atoms with Gasteiger partial charge in [-0.1, -0.05) is 17.7 Å². The molecule has 0 aliphatic carbocycles. The molecule has 12 heteroatoms. The first-order valence-corrected chi connectivity index (χ1v) is 12.0. The zero-order valence-electron chi connectivity index (χ0n) is 17.3. The number of anilines is 2. The fraction of sp³-hybridized carbons (Fsp3) is 0.143. The molecular formula is C21H18ClFN2O6S2. The van der Waals surface area contributed by atoms with Crippen LogP contribution in [0.3, 0.4) is 0 Å². The summed E-state index contributed by atoms with van der Waals surface area (Å²) < 4.78 is 47.0. The Bertz CT molecular complexity index is 1330. The highest BCUT2D eigenvalue weighted by Crippen LogP contribution is 2.35. The minimum Gasteiger partial charge on any atom is -0.494 e. The topological polar surface area (TPSA) is 113 Å². The molecule has 0 saturated heterocycles. The average Bonchev–Trinajstić information content (AvgIpc) is 3.16. The van der Waals surface area contributed by atoms with Crippen molar-refractivity contribution in [1.29, 1.82) is 0 Å². The summed E-state index contributed by atoms with van der Waals surface area (Å²) in [5.74, 6) is -2.59. The van der Waals surface area contributed by atoms with E-state index in [2.05, 4.69) is 5.32 Å². The third-order valence-corrected chi connectivity index (χ3v) is 7.64. The molecule has 174 valence electrons. The van der Waals surface area contributed by atoms with Crippen LogP contribution in [-0.2, 0) is 10.0 Å². The molecule has 8 nitrogen and oxygen atoms in total. The largest absolute Gasteiger partial charge is 0.494 e. The number of nitrogens with one attached hydrogen (secondary N) is 1. The summed E-state index contributed by atoms with van der Waals surface area (Å²) in [7, 11) is -3.23. The molecule has 3 aromatic rings. The molecule has 3 rings (SSSR count). The molecule has 2 aromatic carbocycles. The van der Waals surface area contributed by atoms with Gasteiger partial charge in [0.15, 0.2) is 5.82 Å². The minimum atomic E-state index is -4.38. The number of carboxylic acid groups (broad SMARTS) is 1. The maximum absolute atomic E-state index is 14.6. The number of sulfonamides is 1. The molecule has 0 fully saturated rings. The number of carbonyl (C=O) groups is 2. The minimum absolute atomic E-state index is 0.0265. The Hall–Kier alpha value is -3.15. The molecule has 0 aliphatic heterocycles. The van der Waals surface area contributed by atoms with Gasteiger partial charge in [0.25, 0.3) is 15.9 Å². The first-order valence-electron chi connectivity index (χ1n) is 9.40. The number of halogens is 2. The lowest BCUT2D eigenvalue weighted by Crippen LogP contribution is -2.28. The van der Waals surface area contributed by atoms with E-state index in [-0.39, 0.29) is 31.9 Å². The third kappa shape index (κ3) is 5.27. The maximum Gasteiger partial charge on any atom is 0.335 e. The molecule has 2 N–H and O–H groups in total. The van der Waals surface area contributed by atoms with Gasteiger partial charge in [0.2, 0.25) is 0 Å². The highest BCUT2D eigenvalue weighted by atomic mass is 35.5. The summed E-state index contributed by atoms with van der Waals surface area (Å²) in [6, 6.07) is 10.3. The van der Waals surface area contributed by atoms with Crippen molar-refractivity contribution < 1.29 is 32.2 Å². The van der Waals surface area contributed by atoms with E-state index in [1.165, 1.54) is 36.4 Å². The molecule has 0 saturated carbocycles. The summed E-state index contributed by atoms with van der Waals surface area (Å²) in [5.41, 5.74) is -0.157. The van der Waals surface area contributed by atoms with E-state index in [4.69, 9.17) is 21.4 Å².